The van der Waals surface area contributed by atoms with Gasteiger partial charge in [-0.25, -0.2) is 4.79 Å². The van der Waals surface area contributed by atoms with Crippen molar-refractivity contribution in [3.8, 4) is 5.75 Å². The fourth-order valence-electron chi connectivity index (χ4n) is 1.31. The standard InChI is InChI=1S/C12H18N2O3/c1-3-17-11-7-5-4-6-10(11)13-12(16)14(2)8-9-15/h4-7,15H,3,8-9H2,1-2H3,(H,13,16). The minimum atomic E-state index is -0.272. The van der Waals surface area contributed by atoms with E-state index in [0.717, 1.165) is 0 Å². The molecule has 0 radical (unpaired) electrons. The number of para-hydroxylation sites is 2. The first kappa shape index (κ1) is 13.3. The minimum Gasteiger partial charge on any atom is -0.492 e. The highest BCUT2D eigenvalue weighted by molar-refractivity contribution is 5.90. The fraction of sp³-hybridized carbons (Fsp3) is 0.417. The molecule has 0 saturated heterocycles. The number of aliphatic hydroxyl groups excluding tert-OH is 1. The number of hydrogen-bond donors (Lipinski definition) is 2. The second kappa shape index (κ2) is 6.75. The quantitative estimate of drug-likeness (QED) is 0.818. The number of carbonyl (C=O) groups is 1. The Labute approximate surface area is 101 Å². The summed E-state index contributed by atoms with van der Waals surface area (Å²) in [6.07, 6.45) is 0. The number of ether oxygens (including phenoxy) is 1. The lowest BCUT2D eigenvalue weighted by Gasteiger charge is -2.18. The van der Waals surface area contributed by atoms with Gasteiger partial charge < -0.3 is 20.1 Å². The van der Waals surface area contributed by atoms with Gasteiger partial charge in [-0.2, -0.15) is 0 Å². The van der Waals surface area contributed by atoms with Gasteiger partial charge in [0, 0.05) is 13.6 Å². The van der Waals surface area contributed by atoms with Crippen LogP contribution >= 0.6 is 0 Å². The molecule has 0 bridgehead atoms. The lowest BCUT2D eigenvalue weighted by molar-refractivity contribution is 0.202. The number of amides is 2. The van der Waals surface area contributed by atoms with Crippen LogP contribution < -0.4 is 10.1 Å². The maximum Gasteiger partial charge on any atom is 0.321 e. The number of aliphatic hydroxyl groups is 1. The summed E-state index contributed by atoms with van der Waals surface area (Å²) in [5, 5.41) is 11.5. The smallest absolute Gasteiger partial charge is 0.321 e. The minimum absolute atomic E-state index is 0.0585. The Balaban J connectivity index is 2.70. The molecule has 94 valence electrons. The average molecular weight is 238 g/mol. The molecule has 0 atom stereocenters. The maximum absolute atomic E-state index is 11.7. The van der Waals surface area contributed by atoms with E-state index in [0.29, 0.717) is 24.6 Å². The van der Waals surface area contributed by atoms with Crippen molar-refractivity contribution in [1.29, 1.82) is 0 Å². The van der Waals surface area contributed by atoms with Gasteiger partial charge in [0.2, 0.25) is 0 Å². The van der Waals surface area contributed by atoms with Crippen LogP contribution in [0.1, 0.15) is 6.92 Å². The summed E-state index contributed by atoms with van der Waals surface area (Å²) >= 11 is 0. The van der Waals surface area contributed by atoms with Crippen LogP contribution in [0.3, 0.4) is 0 Å². The number of anilines is 1. The zero-order valence-electron chi connectivity index (χ0n) is 10.1. The molecule has 5 nitrogen and oxygen atoms in total. The van der Waals surface area contributed by atoms with E-state index in [1.165, 1.54) is 4.90 Å². The van der Waals surface area contributed by atoms with Crippen LogP contribution in [0, 0.1) is 0 Å². The molecule has 2 N–H and O–H groups in total. The number of nitrogens with zero attached hydrogens (tertiary/aromatic N) is 1. The molecule has 0 aromatic heterocycles. The SMILES string of the molecule is CCOc1ccccc1NC(=O)N(C)CCO. The summed E-state index contributed by atoms with van der Waals surface area (Å²) in [5.41, 5.74) is 0.629. The van der Waals surface area contributed by atoms with Crippen LogP contribution in [0.15, 0.2) is 24.3 Å². The molecule has 1 aromatic rings. The number of rotatable bonds is 5. The third-order valence-corrected chi connectivity index (χ3v) is 2.21. The van der Waals surface area contributed by atoms with Crippen molar-refractivity contribution in [2.75, 3.05) is 32.1 Å². The largest absolute Gasteiger partial charge is 0.492 e. The monoisotopic (exact) mass is 238 g/mol. The first-order valence-electron chi connectivity index (χ1n) is 5.53. The third kappa shape index (κ3) is 3.96. The van der Waals surface area contributed by atoms with Gasteiger partial charge in [0.1, 0.15) is 5.75 Å². The summed E-state index contributed by atoms with van der Waals surface area (Å²) in [7, 11) is 1.62. The number of carbonyl (C=O) groups excluding carboxylic acids is 1. The summed E-state index contributed by atoms with van der Waals surface area (Å²) in [6, 6.07) is 6.97. The molecular weight excluding hydrogens is 220 g/mol. The van der Waals surface area contributed by atoms with Crippen molar-refractivity contribution >= 4 is 11.7 Å². The lowest BCUT2D eigenvalue weighted by atomic mass is 10.3. The van der Waals surface area contributed by atoms with Gasteiger partial charge in [-0.1, -0.05) is 12.1 Å². The van der Waals surface area contributed by atoms with E-state index in [4.69, 9.17) is 9.84 Å². The first-order chi connectivity index (χ1) is 8.19. The van der Waals surface area contributed by atoms with E-state index in [1.807, 2.05) is 19.1 Å². The van der Waals surface area contributed by atoms with Crippen LogP contribution in [0.2, 0.25) is 0 Å². The molecule has 5 heteroatoms. The topological polar surface area (TPSA) is 61.8 Å². The number of urea groups is 1. The predicted octanol–water partition coefficient (Wildman–Crippen LogP) is 1.54. The van der Waals surface area contributed by atoms with Crippen LogP contribution in [0.4, 0.5) is 10.5 Å². The molecule has 0 saturated carbocycles. The summed E-state index contributed by atoms with van der Waals surface area (Å²) in [4.78, 5) is 13.1. The van der Waals surface area contributed by atoms with Crippen molar-refractivity contribution in [3.63, 3.8) is 0 Å². The molecule has 0 spiro atoms. The van der Waals surface area contributed by atoms with Gasteiger partial charge in [0.15, 0.2) is 0 Å². The van der Waals surface area contributed by atoms with Gasteiger partial charge in [-0.15, -0.1) is 0 Å². The van der Waals surface area contributed by atoms with E-state index in [9.17, 15) is 4.79 Å². The normalized spacial score (nSPS) is 9.82. The first-order valence-corrected chi connectivity index (χ1v) is 5.53. The Kier molecular flexibility index (Phi) is 5.29. The van der Waals surface area contributed by atoms with Gasteiger partial charge >= 0.3 is 6.03 Å². The third-order valence-electron chi connectivity index (χ3n) is 2.21. The molecule has 2 amide bonds. The number of hydrogen-bond acceptors (Lipinski definition) is 3. The van der Waals surface area contributed by atoms with Crippen LogP contribution in [0.5, 0.6) is 5.75 Å². The van der Waals surface area contributed by atoms with E-state index in [2.05, 4.69) is 5.32 Å². The molecule has 0 heterocycles. The number of likely N-dealkylation sites (N-methyl/N-ethyl adjacent to an activating group) is 1. The highest BCUT2D eigenvalue weighted by atomic mass is 16.5. The highest BCUT2D eigenvalue weighted by Gasteiger charge is 2.10. The highest BCUT2D eigenvalue weighted by Crippen LogP contribution is 2.23. The van der Waals surface area contributed by atoms with Crippen LogP contribution in [-0.2, 0) is 0 Å². The van der Waals surface area contributed by atoms with Gasteiger partial charge in [0.25, 0.3) is 0 Å². The molecule has 0 unspecified atom stereocenters. The Morgan fingerprint density at radius 2 is 2.18 bits per heavy atom. The second-order valence-electron chi connectivity index (χ2n) is 3.50. The van der Waals surface area contributed by atoms with E-state index in [1.54, 1.807) is 19.2 Å². The van der Waals surface area contributed by atoms with E-state index >= 15 is 0 Å². The second-order valence-corrected chi connectivity index (χ2v) is 3.50. The number of nitrogens with one attached hydrogen (secondary N) is 1. The Morgan fingerprint density at radius 3 is 2.82 bits per heavy atom. The molecule has 1 aromatic carbocycles. The Morgan fingerprint density at radius 1 is 1.47 bits per heavy atom. The summed E-state index contributed by atoms with van der Waals surface area (Å²) in [5.74, 6) is 0.640. The van der Waals surface area contributed by atoms with Crippen molar-refractivity contribution in [2.45, 2.75) is 6.92 Å². The van der Waals surface area contributed by atoms with Crippen molar-refractivity contribution in [1.82, 2.24) is 4.90 Å². The zero-order valence-corrected chi connectivity index (χ0v) is 10.1. The summed E-state index contributed by atoms with van der Waals surface area (Å²) < 4.78 is 5.39. The van der Waals surface area contributed by atoms with Crippen molar-refractivity contribution in [2.24, 2.45) is 0 Å². The predicted molar refractivity (Wildman–Crippen MR) is 66.3 cm³/mol. The molecule has 0 aliphatic heterocycles. The zero-order chi connectivity index (χ0) is 12.7. The Hall–Kier alpha value is -1.75. The van der Waals surface area contributed by atoms with E-state index in [-0.39, 0.29) is 12.6 Å². The molecule has 0 fully saturated rings. The van der Waals surface area contributed by atoms with E-state index < -0.39 is 0 Å². The molecule has 0 aliphatic carbocycles. The lowest BCUT2D eigenvalue weighted by Crippen LogP contribution is -2.33. The average Bonchev–Trinajstić information content (AvgIpc) is 2.32. The number of benzene rings is 1. The van der Waals surface area contributed by atoms with Gasteiger partial charge in [-0.3, -0.25) is 0 Å². The van der Waals surface area contributed by atoms with Gasteiger partial charge in [0.05, 0.1) is 18.9 Å². The van der Waals surface area contributed by atoms with Crippen molar-refractivity contribution < 1.29 is 14.6 Å². The summed E-state index contributed by atoms with van der Waals surface area (Å²) in [6.45, 7) is 2.66. The van der Waals surface area contributed by atoms with Crippen LogP contribution in [0.25, 0.3) is 0 Å². The molecular formula is C12H18N2O3. The van der Waals surface area contributed by atoms with Gasteiger partial charge in [-0.05, 0) is 19.1 Å². The molecule has 17 heavy (non-hydrogen) atoms. The molecule has 1 rings (SSSR count). The maximum atomic E-state index is 11.7. The molecule has 0 aliphatic rings. The Bertz CT molecular complexity index is 369. The fourth-order valence-corrected chi connectivity index (χ4v) is 1.31. The van der Waals surface area contributed by atoms with Crippen molar-refractivity contribution in [3.05, 3.63) is 24.3 Å². The van der Waals surface area contributed by atoms with Crippen LogP contribution in [-0.4, -0.2) is 42.8 Å².